The molecular formula is C14H23N5O2. The van der Waals surface area contributed by atoms with E-state index in [1.807, 2.05) is 18.0 Å². The number of likely N-dealkylation sites (N-methyl/N-ethyl adjacent to an activating group) is 1. The molecular weight excluding hydrogens is 270 g/mol. The maximum Gasteiger partial charge on any atom is 0.241 e. The minimum atomic E-state index is 0.0982. The molecule has 7 heteroatoms. The second-order valence-electron chi connectivity index (χ2n) is 5.26. The summed E-state index contributed by atoms with van der Waals surface area (Å²) in [6.45, 7) is 4.03. The average Bonchev–Trinajstić information content (AvgIpc) is 2.50. The minimum absolute atomic E-state index is 0.0982. The van der Waals surface area contributed by atoms with Crippen molar-refractivity contribution in [3.05, 3.63) is 12.4 Å². The van der Waals surface area contributed by atoms with Gasteiger partial charge in [0.15, 0.2) is 0 Å². The molecule has 1 saturated heterocycles. The van der Waals surface area contributed by atoms with E-state index in [2.05, 4.69) is 22.2 Å². The molecule has 7 nitrogen and oxygen atoms in total. The maximum absolute atomic E-state index is 11.8. The largest absolute Gasteiger partial charge is 0.396 e. The molecule has 1 aromatic rings. The molecule has 2 heterocycles. The number of carbonyl (C=O) groups is 1. The number of carbonyl (C=O) groups excluding carboxylic acids is 1. The molecule has 1 atom stereocenters. The molecule has 1 amide bonds. The first-order valence-corrected chi connectivity index (χ1v) is 7.32. The van der Waals surface area contributed by atoms with Gasteiger partial charge in [-0.05, 0) is 12.8 Å². The van der Waals surface area contributed by atoms with Gasteiger partial charge in [-0.25, -0.2) is 9.97 Å². The highest BCUT2D eigenvalue weighted by Gasteiger charge is 2.22. The fourth-order valence-electron chi connectivity index (χ4n) is 2.30. The highest BCUT2D eigenvalue weighted by atomic mass is 16.3. The van der Waals surface area contributed by atoms with Crippen LogP contribution in [0.25, 0.3) is 0 Å². The zero-order valence-corrected chi connectivity index (χ0v) is 12.6. The fraction of sp³-hybridized carbons (Fsp3) is 0.643. The van der Waals surface area contributed by atoms with Crippen molar-refractivity contribution in [2.45, 2.75) is 25.8 Å². The average molecular weight is 293 g/mol. The Bertz CT molecular complexity index is 482. The molecule has 1 unspecified atom stereocenters. The number of rotatable bonds is 6. The van der Waals surface area contributed by atoms with Crippen LogP contribution in [0.15, 0.2) is 12.4 Å². The van der Waals surface area contributed by atoms with Crippen LogP contribution in [0, 0.1) is 0 Å². The molecule has 2 rings (SSSR count). The third-order valence-corrected chi connectivity index (χ3v) is 3.76. The molecule has 0 aliphatic carbocycles. The van der Waals surface area contributed by atoms with Crippen molar-refractivity contribution in [1.82, 2.24) is 14.9 Å². The van der Waals surface area contributed by atoms with Crippen LogP contribution >= 0.6 is 0 Å². The number of hydrogen-bond donors (Lipinski definition) is 2. The van der Waals surface area contributed by atoms with Crippen LogP contribution in [-0.2, 0) is 4.79 Å². The number of aliphatic hydroxyl groups is 1. The quantitative estimate of drug-likeness (QED) is 0.786. The molecule has 1 fully saturated rings. The lowest BCUT2D eigenvalue weighted by Gasteiger charge is -2.32. The standard InChI is InChI=1S/C14H23N5O2/c1-3-11(4-7-20)17-12-8-13(16-10-15-12)19-6-5-18(2)14(21)9-19/h8,10-11,20H,3-7,9H2,1-2H3,(H,15,16,17). The van der Waals surface area contributed by atoms with Gasteiger partial charge < -0.3 is 20.2 Å². The first kappa shape index (κ1) is 15.5. The summed E-state index contributed by atoms with van der Waals surface area (Å²) in [4.78, 5) is 23.9. The molecule has 0 radical (unpaired) electrons. The molecule has 1 aromatic heterocycles. The molecule has 2 N–H and O–H groups in total. The smallest absolute Gasteiger partial charge is 0.241 e. The number of nitrogens with zero attached hydrogens (tertiary/aromatic N) is 4. The third-order valence-electron chi connectivity index (χ3n) is 3.76. The molecule has 1 aliphatic rings. The van der Waals surface area contributed by atoms with Gasteiger partial charge in [0.1, 0.15) is 18.0 Å². The van der Waals surface area contributed by atoms with Crippen molar-refractivity contribution in [3.63, 3.8) is 0 Å². The normalized spacial score (nSPS) is 17.0. The van der Waals surface area contributed by atoms with Crippen LogP contribution in [0.1, 0.15) is 19.8 Å². The molecule has 116 valence electrons. The van der Waals surface area contributed by atoms with Crippen molar-refractivity contribution in [1.29, 1.82) is 0 Å². The monoisotopic (exact) mass is 293 g/mol. The van der Waals surface area contributed by atoms with Crippen LogP contribution < -0.4 is 10.2 Å². The lowest BCUT2D eigenvalue weighted by Crippen LogP contribution is -2.48. The van der Waals surface area contributed by atoms with Gasteiger partial charge in [0, 0.05) is 38.9 Å². The SMILES string of the molecule is CCC(CCO)Nc1cc(N2CCN(C)C(=O)C2)ncn1. The first-order chi connectivity index (χ1) is 10.1. The van der Waals surface area contributed by atoms with E-state index >= 15 is 0 Å². The van der Waals surface area contributed by atoms with Gasteiger partial charge in [0.05, 0.1) is 6.54 Å². The lowest BCUT2D eigenvalue weighted by atomic mass is 10.1. The number of aromatic nitrogens is 2. The Morgan fingerprint density at radius 1 is 1.43 bits per heavy atom. The molecule has 21 heavy (non-hydrogen) atoms. The summed E-state index contributed by atoms with van der Waals surface area (Å²) in [5, 5.41) is 12.3. The van der Waals surface area contributed by atoms with E-state index in [4.69, 9.17) is 5.11 Å². The highest BCUT2D eigenvalue weighted by molar-refractivity contribution is 5.82. The van der Waals surface area contributed by atoms with Crippen molar-refractivity contribution >= 4 is 17.5 Å². The third kappa shape index (κ3) is 4.04. The van der Waals surface area contributed by atoms with Crippen LogP contribution in [0.2, 0.25) is 0 Å². The van der Waals surface area contributed by atoms with Crippen molar-refractivity contribution in [2.24, 2.45) is 0 Å². The van der Waals surface area contributed by atoms with Gasteiger partial charge in [-0.2, -0.15) is 0 Å². The summed E-state index contributed by atoms with van der Waals surface area (Å²) in [6.07, 6.45) is 3.10. The fourth-order valence-corrected chi connectivity index (χ4v) is 2.30. The summed E-state index contributed by atoms with van der Waals surface area (Å²) < 4.78 is 0. The van der Waals surface area contributed by atoms with Crippen LogP contribution in [-0.4, -0.2) is 65.2 Å². The van der Waals surface area contributed by atoms with Gasteiger partial charge in [0.25, 0.3) is 0 Å². The Morgan fingerprint density at radius 2 is 2.24 bits per heavy atom. The number of aliphatic hydroxyl groups excluding tert-OH is 1. The molecule has 0 saturated carbocycles. The molecule has 0 bridgehead atoms. The van der Waals surface area contributed by atoms with E-state index in [0.29, 0.717) is 19.5 Å². The molecule has 1 aliphatic heterocycles. The second-order valence-corrected chi connectivity index (χ2v) is 5.26. The van der Waals surface area contributed by atoms with E-state index < -0.39 is 0 Å². The van der Waals surface area contributed by atoms with Crippen molar-refractivity contribution in [2.75, 3.05) is 43.5 Å². The summed E-state index contributed by atoms with van der Waals surface area (Å²) in [6, 6.07) is 2.05. The molecule has 0 aromatic carbocycles. The Labute approximate surface area is 125 Å². The Morgan fingerprint density at radius 3 is 2.90 bits per heavy atom. The number of piperazine rings is 1. The summed E-state index contributed by atoms with van der Waals surface area (Å²) >= 11 is 0. The lowest BCUT2D eigenvalue weighted by molar-refractivity contribution is -0.129. The summed E-state index contributed by atoms with van der Waals surface area (Å²) in [7, 11) is 1.81. The van der Waals surface area contributed by atoms with Gasteiger partial charge in [0.2, 0.25) is 5.91 Å². The van der Waals surface area contributed by atoms with Crippen LogP contribution in [0.3, 0.4) is 0 Å². The Kier molecular flexibility index (Phi) is 5.32. The van der Waals surface area contributed by atoms with Crippen molar-refractivity contribution < 1.29 is 9.90 Å². The summed E-state index contributed by atoms with van der Waals surface area (Å²) in [5.74, 6) is 1.58. The van der Waals surface area contributed by atoms with E-state index in [1.54, 1.807) is 4.90 Å². The number of amides is 1. The Hall–Kier alpha value is -1.89. The van der Waals surface area contributed by atoms with Gasteiger partial charge in [-0.1, -0.05) is 6.92 Å². The zero-order valence-electron chi connectivity index (χ0n) is 12.6. The number of hydrogen-bond acceptors (Lipinski definition) is 6. The topological polar surface area (TPSA) is 81.6 Å². The van der Waals surface area contributed by atoms with E-state index in [1.165, 1.54) is 6.33 Å². The van der Waals surface area contributed by atoms with Gasteiger partial charge in [-0.15, -0.1) is 0 Å². The first-order valence-electron chi connectivity index (χ1n) is 7.32. The van der Waals surface area contributed by atoms with E-state index in [0.717, 1.165) is 24.6 Å². The molecule has 0 spiro atoms. The van der Waals surface area contributed by atoms with Crippen LogP contribution in [0.4, 0.5) is 11.6 Å². The zero-order chi connectivity index (χ0) is 15.2. The highest BCUT2D eigenvalue weighted by Crippen LogP contribution is 2.17. The number of anilines is 2. The minimum Gasteiger partial charge on any atom is -0.396 e. The number of nitrogens with one attached hydrogen (secondary N) is 1. The van der Waals surface area contributed by atoms with Gasteiger partial charge in [-0.3, -0.25) is 4.79 Å². The van der Waals surface area contributed by atoms with Gasteiger partial charge >= 0.3 is 0 Å². The predicted octanol–water partition coefficient (Wildman–Crippen LogP) is 0.328. The Balaban J connectivity index is 2.05. The predicted molar refractivity (Wildman–Crippen MR) is 81.3 cm³/mol. The second kappa shape index (κ2) is 7.21. The van der Waals surface area contributed by atoms with E-state index in [9.17, 15) is 4.79 Å². The maximum atomic E-state index is 11.8. The van der Waals surface area contributed by atoms with Crippen molar-refractivity contribution in [3.8, 4) is 0 Å². The van der Waals surface area contributed by atoms with E-state index in [-0.39, 0.29) is 18.6 Å². The summed E-state index contributed by atoms with van der Waals surface area (Å²) in [5.41, 5.74) is 0. The van der Waals surface area contributed by atoms with Crippen LogP contribution in [0.5, 0.6) is 0 Å².